The van der Waals surface area contributed by atoms with Gasteiger partial charge in [0.2, 0.25) is 0 Å². The number of alkyl halides is 15. The molecular weight excluding hydrogens is 421 g/mol. The molecule has 0 aromatic carbocycles. The highest BCUT2D eigenvalue weighted by molar-refractivity contribution is 5.12. The highest BCUT2D eigenvalue weighted by Crippen LogP contribution is 2.62. The van der Waals surface area contributed by atoms with E-state index in [1.165, 1.54) is 0 Å². The number of methoxy groups -OCH3 is 1. The SMILES string of the molecule is COCCC(F)(F)C(F)(F)C(F)(F)C(F)(F)C(F)(F)C(F)(F)C(F)(F)F. The van der Waals surface area contributed by atoms with Gasteiger partial charge in [-0.1, -0.05) is 0 Å². The van der Waals surface area contributed by atoms with E-state index in [0.717, 1.165) is 0 Å². The molecule has 0 aromatic rings. The molecular formula is C10H7F15O. The van der Waals surface area contributed by atoms with Crippen LogP contribution in [0.5, 0.6) is 0 Å². The van der Waals surface area contributed by atoms with Gasteiger partial charge in [0.05, 0.1) is 6.61 Å². The van der Waals surface area contributed by atoms with E-state index >= 15 is 0 Å². The van der Waals surface area contributed by atoms with Crippen molar-refractivity contribution in [1.29, 1.82) is 0 Å². The molecule has 0 aromatic heterocycles. The first-order chi connectivity index (χ1) is 11.1. The Bertz CT molecular complexity index is 491. The van der Waals surface area contributed by atoms with E-state index in [9.17, 15) is 65.9 Å². The first-order valence-electron chi connectivity index (χ1n) is 5.89. The maximum Gasteiger partial charge on any atom is 0.460 e. The van der Waals surface area contributed by atoms with E-state index in [4.69, 9.17) is 0 Å². The molecule has 0 saturated heterocycles. The van der Waals surface area contributed by atoms with Gasteiger partial charge in [-0.2, -0.15) is 65.9 Å². The molecule has 0 bridgehead atoms. The van der Waals surface area contributed by atoms with Crippen molar-refractivity contribution >= 4 is 0 Å². The van der Waals surface area contributed by atoms with Crippen molar-refractivity contribution in [3.8, 4) is 0 Å². The van der Waals surface area contributed by atoms with Gasteiger partial charge < -0.3 is 4.74 Å². The van der Waals surface area contributed by atoms with E-state index in [2.05, 4.69) is 4.74 Å². The van der Waals surface area contributed by atoms with Crippen LogP contribution in [0.3, 0.4) is 0 Å². The van der Waals surface area contributed by atoms with Crippen molar-refractivity contribution in [3.05, 3.63) is 0 Å². The molecule has 1 nitrogen and oxygen atoms in total. The fraction of sp³-hybridized carbons (Fsp3) is 1.00. The second-order valence-corrected chi connectivity index (χ2v) is 4.82. The van der Waals surface area contributed by atoms with Gasteiger partial charge in [0.15, 0.2) is 0 Å². The first-order valence-corrected chi connectivity index (χ1v) is 5.89. The Morgan fingerprint density at radius 2 is 0.808 bits per heavy atom. The molecule has 0 N–H and O–H groups in total. The first kappa shape index (κ1) is 24.9. The topological polar surface area (TPSA) is 9.23 Å². The number of rotatable bonds is 8. The zero-order valence-corrected chi connectivity index (χ0v) is 12.0. The lowest BCUT2D eigenvalue weighted by Crippen LogP contribution is -2.72. The summed E-state index contributed by atoms with van der Waals surface area (Å²) in [6.07, 6.45) is -10.1. The van der Waals surface area contributed by atoms with Crippen LogP contribution >= 0.6 is 0 Å². The van der Waals surface area contributed by atoms with E-state index in [1.807, 2.05) is 0 Å². The Morgan fingerprint density at radius 3 is 1.12 bits per heavy atom. The largest absolute Gasteiger partial charge is 0.460 e. The van der Waals surface area contributed by atoms with E-state index in [-0.39, 0.29) is 0 Å². The molecule has 0 amide bonds. The van der Waals surface area contributed by atoms with Crippen LogP contribution in [0.1, 0.15) is 6.42 Å². The minimum Gasteiger partial charge on any atom is -0.384 e. The van der Waals surface area contributed by atoms with Gasteiger partial charge in [-0.25, -0.2) is 0 Å². The van der Waals surface area contributed by atoms with Crippen molar-refractivity contribution < 1.29 is 70.6 Å². The van der Waals surface area contributed by atoms with Crippen molar-refractivity contribution in [1.82, 2.24) is 0 Å². The van der Waals surface area contributed by atoms with Gasteiger partial charge in [0.25, 0.3) is 0 Å². The molecule has 0 aliphatic carbocycles. The van der Waals surface area contributed by atoms with Crippen LogP contribution in [-0.4, -0.2) is 55.4 Å². The highest BCUT2D eigenvalue weighted by atomic mass is 19.4. The number of halogens is 15. The lowest BCUT2D eigenvalue weighted by molar-refractivity contribution is -0.452. The summed E-state index contributed by atoms with van der Waals surface area (Å²) in [4.78, 5) is 0. The number of ether oxygens (including phenoxy) is 1. The fourth-order valence-electron chi connectivity index (χ4n) is 1.39. The maximum atomic E-state index is 13.1. The molecule has 0 atom stereocenters. The van der Waals surface area contributed by atoms with Gasteiger partial charge in [-0.05, 0) is 0 Å². The molecule has 0 heterocycles. The van der Waals surface area contributed by atoms with Crippen molar-refractivity contribution in [3.63, 3.8) is 0 Å². The van der Waals surface area contributed by atoms with Gasteiger partial charge >= 0.3 is 41.7 Å². The Balaban J connectivity index is 6.33. The maximum absolute atomic E-state index is 13.1. The Kier molecular flexibility index (Phi) is 6.24. The average Bonchev–Trinajstić information content (AvgIpc) is 2.42. The van der Waals surface area contributed by atoms with Gasteiger partial charge in [-0.15, -0.1) is 0 Å². The molecule has 158 valence electrons. The zero-order valence-electron chi connectivity index (χ0n) is 12.0. The van der Waals surface area contributed by atoms with Crippen LogP contribution in [-0.2, 0) is 4.74 Å². The average molecular weight is 428 g/mol. The summed E-state index contributed by atoms with van der Waals surface area (Å²) in [6, 6.07) is 0. The number of hydrogen-bond acceptors (Lipinski definition) is 1. The third kappa shape index (κ3) is 3.28. The van der Waals surface area contributed by atoms with E-state index in [1.54, 1.807) is 0 Å². The predicted molar refractivity (Wildman–Crippen MR) is 52.2 cm³/mol. The molecule has 0 saturated carbocycles. The lowest BCUT2D eigenvalue weighted by Gasteiger charge is -2.41. The van der Waals surface area contributed by atoms with Gasteiger partial charge in [-0.3, -0.25) is 0 Å². The third-order valence-corrected chi connectivity index (χ3v) is 3.01. The van der Waals surface area contributed by atoms with Crippen LogP contribution in [0.4, 0.5) is 65.9 Å². The molecule has 0 fully saturated rings. The zero-order chi connectivity index (χ0) is 21.6. The standard InChI is InChI=1S/C10H7F15O/c1-26-3-2-4(11,12)5(13,14)6(15,16)7(17,18)8(19,20)9(21,22)10(23,24)25/h2-3H2,1H3. The molecule has 16 heteroatoms. The predicted octanol–water partition coefficient (Wildman–Crippen LogP) is 5.40. The summed E-state index contributed by atoms with van der Waals surface area (Å²) < 4.78 is 194. The normalized spacial score (nSPS) is 16.2. The smallest absolute Gasteiger partial charge is 0.384 e. The Labute approximate surface area is 134 Å². The minimum atomic E-state index is -8.24. The van der Waals surface area contributed by atoms with Crippen LogP contribution in [0.25, 0.3) is 0 Å². The Morgan fingerprint density at radius 1 is 0.500 bits per heavy atom. The van der Waals surface area contributed by atoms with E-state index < -0.39 is 54.7 Å². The summed E-state index contributed by atoms with van der Waals surface area (Å²) in [6.45, 7) is -1.50. The second-order valence-electron chi connectivity index (χ2n) is 4.82. The fourth-order valence-corrected chi connectivity index (χ4v) is 1.39. The lowest BCUT2D eigenvalue weighted by atomic mass is 9.90. The highest BCUT2D eigenvalue weighted by Gasteiger charge is 2.93. The molecule has 0 rings (SSSR count). The van der Waals surface area contributed by atoms with Crippen LogP contribution in [0.15, 0.2) is 0 Å². The summed E-state index contributed by atoms with van der Waals surface area (Å²) >= 11 is 0. The minimum absolute atomic E-state index is 0.555. The molecule has 0 aliphatic heterocycles. The van der Waals surface area contributed by atoms with Crippen LogP contribution in [0.2, 0.25) is 0 Å². The van der Waals surface area contributed by atoms with Gasteiger partial charge in [0, 0.05) is 13.5 Å². The summed E-state index contributed by atoms with van der Waals surface area (Å²) in [7, 11) is 0.555. The van der Waals surface area contributed by atoms with Crippen LogP contribution < -0.4 is 0 Å². The quantitative estimate of drug-likeness (QED) is 0.471. The number of hydrogen-bond donors (Lipinski definition) is 0. The summed E-state index contributed by atoms with van der Waals surface area (Å²) in [5.41, 5.74) is 0. The molecule has 0 unspecified atom stereocenters. The van der Waals surface area contributed by atoms with Crippen molar-refractivity contribution in [2.24, 2.45) is 0 Å². The van der Waals surface area contributed by atoms with Gasteiger partial charge in [0.1, 0.15) is 0 Å². The van der Waals surface area contributed by atoms with Crippen LogP contribution in [0, 0.1) is 0 Å². The summed E-state index contributed by atoms with van der Waals surface area (Å²) in [5, 5.41) is 0. The monoisotopic (exact) mass is 428 g/mol. The molecule has 0 spiro atoms. The second kappa shape index (κ2) is 6.51. The van der Waals surface area contributed by atoms with E-state index in [0.29, 0.717) is 7.11 Å². The molecule has 26 heavy (non-hydrogen) atoms. The van der Waals surface area contributed by atoms with Crippen molar-refractivity contribution in [2.75, 3.05) is 13.7 Å². The Hall–Kier alpha value is -1.09. The molecule has 0 radical (unpaired) electrons. The molecule has 0 aliphatic rings. The summed E-state index contributed by atoms with van der Waals surface area (Å²) in [5.74, 6) is -46.1. The van der Waals surface area contributed by atoms with Crippen molar-refractivity contribution in [2.45, 2.75) is 48.1 Å². The third-order valence-electron chi connectivity index (χ3n) is 3.01.